The smallest absolute Gasteiger partial charge is 0.241 e. The molecule has 5 nitrogen and oxygen atoms in total. The summed E-state index contributed by atoms with van der Waals surface area (Å²) in [5.41, 5.74) is 0. The summed E-state index contributed by atoms with van der Waals surface area (Å²) in [7, 11) is 2.11. The van der Waals surface area contributed by atoms with Gasteiger partial charge in [-0.3, -0.25) is 10.1 Å². The third kappa shape index (κ3) is 3.27. The minimum Gasteiger partial charge on any atom is -0.374 e. The summed E-state index contributed by atoms with van der Waals surface area (Å²) in [6.07, 6.45) is 1.14. The van der Waals surface area contributed by atoms with E-state index >= 15 is 0 Å². The Hall–Kier alpha value is -0.650. The average Bonchev–Trinajstić information content (AvgIpc) is 2.67. The second kappa shape index (κ2) is 6.20. The lowest BCUT2D eigenvalue weighted by Gasteiger charge is -2.35. The molecule has 3 unspecified atom stereocenters. The van der Waals surface area contributed by atoms with Gasteiger partial charge in [0.2, 0.25) is 5.91 Å². The monoisotopic (exact) mass is 269 g/mol. The van der Waals surface area contributed by atoms with E-state index in [9.17, 15) is 4.79 Å². The number of nitrogens with one attached hydrogen (secondary N) is 1. The van der Waals surface area contributed by atoms with E-state index in [1.165, 1.54) is 0 Å². The van der Waals surface area contributed by atoms with Gasteiger partial charge in [0, 0.05) is 19.6 Å². The van der Waals surface area contributed by atoms with E-state index in [2.05, 4.69) is 38.0 Å². The fourth-order valence-corrected chi connectivity index (χ4v) is 2.95. The highest BCUT2D eigenvalue weighted by molar-refractivity contribution is 5.84. The van der Waals surface area contributed by atoms with Crippen LogP contribution < -0.4 is 5.32 Å². The second-order valence-electron chi connectivity index (χ2n) is 6.06. The number of nitrogens with zero attached hydrogens (tertiary/aromatic N) is 2. The Morgan fingerprint density at radius 3 is 2.79 bits per heavy atom. The quantitative estimate of drug-likeness (QED) is 0.808. The molecule has 2 saturated heterocycles. The summed E-state index contributed by atoms with van der Waals surface area (Å²) in [4.78, 5) is 16.7. The molecule has 0 aromatic heterocycles. The Morgan fingerprint density at radius 2 is 2.21 bits per heavy atom. The van der Waals surface area contributed by atoms with Crippen molar-refractivity contribution >= 4 is 5.91 Å². The summed E-state index contributed by atoms with van der Waals surface area (Å²) in [6, 6.07) is -0.0197. The Labute approximate surface area is 116 Å². The molecule has 0 radical (unpaired) electrons. The summed E-state index contributed by atoms with van der Waals surface area (Å²) in [5.74, 6) is 0.653. The third-order valence-electron chi connectivity index (χ3n) is 4.07. The van der Waals surface area contributed by atoms with Gasteiger partial charge < -0.3 is 14.5 Å². The van der Waals surface area contributed by atoms with Crippen LogP contribution in [0.25, 0.3) is 0 Å². The maximum atomic E-state index is 12.4. The number of rotatable bonds is 4. The molecule has 1 N–H and O–H groups in total. The van der Waals surface area contributed by atoms with Crippen LogP contribution in [0.1, 0.15) is 27.2 Å². The topological polar surface area (TPSA) is 44.8 Å². The molecule has 2 fully saturated rings. The predicted octanol–water partition coefficient (Wildman–Crippen LogP) is 0.510. The van der Waals surface area contributed by atoms with Crippen LogP contribution in [0.3, 0.4) is 0 Å². The lowest BCUT2D eigenvalue weighted by atomic mass is 10.1. The summed E-state index contributed by atoms with van der Waals surface area (Å²) in [6.45, 7) is 9.73. The number of morpholine rings is 1. The van der Waals surface area contributed by atoms with Gasteiger partial charge in [0.25, 0.3) is 0 Å². The van der Waals surface area contributed by atoms with Crippen molar-refractivity contribution in [3.05, 3.63) is 0 Å². The largest absolute Gasteiger partial charge is 0.374 e. The minimum absolute atomic E-state index is 0.0197. The molecule has 0 aromatic carbocycles. The van der Waals surface area contributed by atoms with Crippen molar-refractivity contribution in [1.29, 1.82) is 0 Å². The van der Waals surface area contributed by atoms with Crippen molar-refractivity contribution in [3.63, 3.8) is 0 Å². The number of hydrogen-bond donors (Lipinski definition) is 1. The van der Waals surface area contributed by atoms with Gasteiger partial charge in [-0.1, -0.05) is 20.8 Å². The van der Waals surface area contributed by atoms with Gasteiger partial charge in [0.1, 0.15) is 0 Å². The highest BCUT2D eigenvalue weighted by Crippen LogP contribution is 2.20. The van der Waals surface area contributed by atoms with Crippen LogP contribution in [-0.2, 0) is 9.53 Å². The van der Waals surface area contributed by atoms with Crippen LogP contribution in [-0.4, -0.2) is 67.3 Å². The molecule has 2 aliphatic rings. The van der Waals surface area contributed by atoms with Crippen LogP contribution in [0.2, 0.25) is 0 Å². The Morgan fingerprint density at radius 1 is 1.47 bits per heavy atom. The fraction of sp³-hybridized carbons (Fsp3) is 0.929. The molecule has 2 aliphatic heterocycles. The lowest BCUT2D eigenvalue weighted by Crippen LogP contribution is -2.50. The molecule has 1 amide bonds. The fourth-order valence-electron chi connectivity index (χ4n) is 2.95. The minimum atomic E-state index is -0.0197. The maximum absolute atomic E-state index is 12.4. The van der Waals surface area contributed by atoms with E-state index < -0.39 is 0 Å². The zero-order chi connectivity index (χ0) is 14.0. The maximum Gasteiger partial charge on any atom is 0.241 e. The molecule has 0 aliphatic carbocycles. The van der Waals surface area contributed by atoms with Crippen LogP contribution in [0.5, 0.6) is 0 Å². The number of hydrogen-bond acceptors (Lipinski definition) is 4. The van der Waals surface area contributed by atoms with E-state index in [-0.39, 0.29) is 24.2 Å². The SMILES string of the molecule is CCC1NC(C(C)C)N(CC2CN(C)CCO2)C1=O. The third-order valence-corrected chi connectivity index (χ3v) is 4.07. The molecule has 0 bridgehead atoms. The number of likely N-dealkylation sites (N-methyl/N-ethyl adjacent to an activating group) is 1. The van der Waals surface area contributed by atoms with Crippen molar-refractivity contribution in [2.75, 3.05) is 33.3 Å². The van der Waals surface area contributed by atoms with Gasteiger partial charge >= 0.3 is 0 Å². The highest BCUT2D eigenvalue weighted by atomic mass is 16.5. The molecular weight excluding hydrogens is 242 g/mol. The average molecular weight is 269 g/mol. The molecule has 0 spiro atoms. The van der Waals surface area contributed by atoms with E-state index in [0.29, 0.717) is 12.5 Å². The molecule has 2 rings (SSSR count). The predicted molar refractivity (Wildman–Crippen MR) is 74.8 cm³/mol. The van der Waals surface area contributed by atoms with Crippen molar-refractivity contribution in [2.45, 2.75) is 45.5 Å². The molecule has 0 aromatic rings. The molecule has 19 heavy (non-hydrogen) atoms. The number of carbonyl (C=O) groups is 1. The first-order valence-corrected chi connectivity index (χ1v) is 7.39. The first-order valence-electron chi connectivity index (χ1n) is 7.39. The molecule has 110 valence electrons. The van der Waals surface area contributed by atoms with Crippen LogP contribution in [0.15, 0.2) is 0 Å². The zero-order valence-electron chi connectivity index (χ0n) is 12.6. The van der Waals surface area contributed by atoms with E-state index in [4.69, 9.17) is 4.74 Å². The second-order valence-corrected chi connectivity index (χ2v) is 6.06. The summed E-state index contributed by atoms with van der Waals surface area (Å²) in [5, 5.41) is 3.45. The highest BCUT2D eigenvalue weighted by Gasteiger charge is 2.40. The molecule has 2 heterocycles. The number of amides is 1. The molecule has 5 heteroatoms. The molecule has 0 saturated carbocycles. The van der Waals surface area contributed by atoms with Crippen LogP contribution >= 0.6 is 0 Å². The lowest BCUT2D eigenvalue weighted by molar-refractivity contribution is -0.134. The van der Waals surface area contributed by atoms with E-state index in [0.717, 1.165) is 26.1 Å². The van der Waals surface area contributed by atoms with E-state index in [1.54, 1.807) is 0 Å². The van der Waals surface area contributed by atoms with Crippen molar-refractivity contribution < 1.29 is 9.53 Å². The first kappa shape index (κ1) is 14.8. The number of ether oxygens (including phenoxy) is 1. The van der Waals surface area contributed by atoms with Crippen LogP contribution in [0.4, 0.5) is 0 Å². The van der Waals surface area contributed by atoms with Crippen molar-refractivity contribution in [1.82, 2.24) is 15.1 Å². The van der Waals surface area contributed by atoms with Gasteiger partial charge in [0.05, 0.1) is 24.9 Å². The Bertz CT molecular complexity index is 322. The standard InChI is InChI=1S/C14H27N3O2/c1-5-12-14(18)17(13(15-12)10(2)3)9-11-8-16(4)6-7-19-11/h10-13,15H,5-9H2,1-4H3. The van der Waals surface area contributed by atoms with Gasteiger partial charge in [-0.25, -0.2) is 0 Å². The number of carbonyl (C=O) groups excluding carboxylic acids is 1. The van der Waals surface area contributed by atoms with E-state index in [1.807, 2.05) is 4.90 Å². The molecule has 3 atom stereocenters. The first-order chi connectivity index (χ1) is 9.02. The van der Waals surface area contributed by atoms with Crippen LogP contribution in [0, 0.1) is 5.92 Å². The Balaban J connectivity index is 2.01. The zero-order valence-corrected chi connectivity index (χ0v) is 12.6. The van der Waals surface area contributed by atoms with Crippen molar-refractivity contribution in [3.8, 4) is 0 Å². The Kier molecular flexibility index (Phi) is 4.81. The van der Waals surface area contributed by atoms with Crippen molar-refractivity contribution in [2.24, 2.45) is 5.92 Å². The molecular formula is C14H27N3O2. The summed E-state index contributed by atoms with van der Waals surface area (Å²) >= 11 is 0. The van der Waals surface area contributed by atoms with Gasteiger partial charge in [-0.05, 0) is 19.4 Å². The van der Waals surface area contributed by atoms with Gasteiger partial charge in [0.15, 0.2) is 0 Å². The van der Waals surface area contributed by atoms with Gasteiger partial charge in [-0.15, -0.1) is 0 Å². The van der Waals surface area contributed by atoms with Gasteiger partial charge in [-0.2, -0.15) is 0 Å². The normalized spacial score (nSPS) is 33.4. The summed E-state index contributed by atoms with van der Waals surface area (Å²) < 4.78 is 5.79.